The molecule has 3 atom stereocenters. The van der Waals surface area contributed by atoms with Gasteiger partial charge in [0.25, 0.3) is 0 Å². The first-order valence-electron chi connectivity index (χ1n) is 4.59. The highest BCUT2D eigenvalue weighted by Gasteiger charge is 2.44. The number of hydrogen-bond acceptors (Lipinski definition) is 0. The van der Waals surface area contributed by atoms with Crippen LogP contribution >= 0.6 is 50.7 Å². The van der Waals surface area contributed by atoms with Crippen LogP contribution in [0.5, 0.6) is 0 Å². The Balaban J connectivity index is 2.95. The van der Waals surface area contributed by atoms with Gasteiger partial charge in [-0.25, -0.2) is 0 Å². The van der Waals surface area contributed by atoms with Gasteiger partial charge < -0.3 is 0 Å². The normalized spacial score (nSPS) is 40.1. The van der Waals surface area contributed by atoms with Crippen LogP contribution in [0, 0.1) is 5.41 Å². The van der Waals surface area contributed by atoms with Crippen molar-refractivity contribution in [3.63, 3.8) is 0 Å². The van der Waals surface area contributed by atoms with Gasteiger partial charge in [-0.05, 0) is 12.0 Å². The van der Waals surface area contributed by atoms with E-state index in [1.165, 1.54) is 5.57 Å². The van der Waals surface area contributed by atoms with Gasteiger partial charge in [-0.3, -0.25) is 0 Å². The van der Waals surface area contributed by atoms with Crippen molar-refractivity contribution in [2.75, 3.05) is 5.88 Å². The first kappa shape index (κ1) is 13.2. The van der Waals surface area contributed by atoms with Crippen LogP contribution in [0.25, 0.3) is 0 Å². The third kappa shape index (κ3) is 2.42. The molecular weight excluding hydrogens is 306 g/mol. The minimum atomic E-state index is -0.0781. The van der Waals surface area contributed by atoms with Crippen molar-refractivity contribution in [3.8, 4) is 0 Å². The van der Waals surface area contributed by atoms with Crippen LogP contribution in [0.2, 0.25) is 0 Å². The Hall–Kier alpha value is 1.09. The smallest absolute Gasteiger partial charge is 0.0621 e. The fraction of sp³-hybridized carbons (Fsp3) is 0.800. The maximum Gasteiger partial charge on any atom is 0.0621 e. The molecule has 0 bridgehead atoms. The fourth-order valence-electron chi connectivity index (χ4n) is 1.69. The Morgan fingerprint density at radius 2 is 2.07 bits per heavy atom. The summed E-state index contributed by atoms with van der Waals surface area (Å²) in [6, 6.07) is 0. The largest absolute Gasteiger partial charge is 0.122 e. The van der Waals surface area contributed by atoms with Crippen molar-refractivity contribution < 1.29 is 0 Å². The van der Waals surface area contributed by atoms with E-state index < -0.39 is 0 Å². The maximum absolute atomic E-state index is 6.40. The van der Waals surface area contributed by atoms with Gasteiger partial charge in [-0.15, -0.1) is 34.8 Å². The van der Waals surface area contributed by atoms with Crippen LogP contribution in [0.4, 0.5) is 0 Å². The second-order valence-electron chi connectivity index (χ2n) is 4.21. The molecule has 0 radical (unpaired) electrons. The molecule has 1 saturated carbocycles. The zero-order chi connectivity index (χ0) is 10.9. The average Bonchev–Trinajstić information content (AvgIpc) is 2.10. The summed E-state index contributed by atoms with van der Waals surface area (Å²) >= 11 is 22.0. The average molecular weight is 320 g/mol. The third-order valence-corrected chi connectivity index (χ3v) is 5.45. The number of hydrogen-bond donors (Lipinski definition) is 0. The van der Waals surface area contributed by atoms with Crippen molar-refractivity contribution in [1.82, 2.24) is 0 Å². The minimum absolute atomic E-state index is 0.0399. The standard InChI is InChI=1S/C10H14BrCl3/c1-10(2)8(13)5-7(11)6(3-4-12)9(10)14/h3,7-9H,4-5H2,1-2H3/b6-3+/t7?,8-,9?/m0/s1. The van der Waals surface area contributed by atoms with Gasteiger partial charge in [0.1, 0.15) is 0 Å². The number of rotatable bonds is 1. The summed E-state index contributed by atoms with van der Waals surface area (Å²) in [4.78, 5) is 0.263. The second-order valence-corrected chi connectivity index (χ2v) is 6.59. The Morgan fingerprint density at radius 3 is 2.57 bits per heavy atom. The molecule has 0 aromatic heterocycles. The monoisotopic (exact) mass is 318 g/mol. The molecule has 2 unspecified atom stereocenters. The van der Waals surface area contributed by atoms with Gasteiger partial charge in [0.15, 0.2) is 0 Å². The van der Waals surface area contributed by atoms with E-state index in [0.717, 1.165) is 6.42 Å². The molecule has 0 aromatic rings. The topological polar surface area (TPSA) is 0 Å². The van der Waals surface area contributed by atoms with E-state index in [-0.39, 0.29) is 21.0 Å². The molecule has 4 heteroatoms. The minimum Gasteiger partial charge on any atom is -0.122 e. The molecule has 0 amide bonds. The summed E-state index contributed by atoms with van der Waals surface area (Å²) in [5.74, 6) is 0.504. The molecule has 14 heavy (non-hydrogen) atoms. The summed E-state index contributed by atoms with van der Waals surface area (Å²) in [5, 5.41) is 0.0590. The Bertz CT molecular complexity index is 238. The summed E-state index contributed by atoms with van der Waals surface area (Å²) in [5.41, 5.74) is 1.09. The summed E-state index contributed by atoms with van der Waals surface area (Å²) < 4.78 is 0. The van der Waals surface area contributed by atoms with Crippen LogP contribution in [0.1, 0.15) is 20.3 Å². The molecule has 1 fully saturated rings. The molecule has 1 aliphatic rings. The predicted octanol–water partition coefficient (Wildman–Crippen LogP) is 4.56. The van der Waals surface area contributed by atoms with Gasteiger partial charge in [-0.1, -0.05) is 35.9 Å². The third-order valence-electron chi connectivity index (χ3n) is 2.84. The maximum atomic E-state index is 6.40. The number of halogens is 4. The first-order chi connectivity index (χ1) is 6.41. The van der Waals surface area contributed by atoms with Gasteiger partial charge in [-0.2, -0.15) is 0 Å². The molecule has 0 nitrogen and oxygen atoms in total. The predicted molar refractivity (Wildman–Crippen MR) is 69.2 cm³/mol. The lowest BCUT2D eigenvalue weighted by molar-refractivity contribution is 0.308. The van der Waals surface area contributed by atoms with E-state index in [1.54, 1.807) is 0 Å². The van der Waals surface area contributed by atoms with E-state index in [2.05, 4.69) is 29.8 Å². The van der Waals surface area contributed by atoms with Crippen molar-refractivity contribution in [3.05, 3.63) is 11.6 Å². The second kappa shape index (κ2) is 4.95. The Kier molecular flexibility index (Phi) is 4.65. The quantitative estimate of drug-likeness (QED) is 0.491. The molecule has 0 saturated heterocycles. The van der Waals surface area contributed by atoms with Gasteiger partial charge >= 0.3 is 0 Å². The number of allylic oxidation sites excluding steroid dienone is 2. The van der Waals surface area contributed by atoms with E-state index in [4.69, 9.17) is 34.8 Å². The van der Waals surface area contributed by atoms with Gasteiger partial charge in [0.05, 0.1) is 5.38 Å². The van der Waals surface area contributed by atoms with E-state index >= 15 is 0 Å². The molecule has 1 aliphatic carbocycles. The Morgan fingerprint density at radius 1 is 1.50 bits per heavy atom. The van der Waals surface area contributed by atoms with Crippen molar-refractivity contribution >= 4 is 50.7 Å². The van der Waals surface area contributed by atoms with Gasteiger partial charge in [0, 0.05) is 21.5 Å². The zero-order valence-corrected chi connectivity index (χ0v) is 12.1. The fourth-order valence-corrected chi connectivity index (χ4v) is 3.82. The van der Waals surface area contributed by atoms with E-state index in [9.17, 15) is 0 Å². The van der Waals surface area contributed by atoms with Gasteiger partial charge in [0.2, 0.25) is 0 Å². The lowest BCUT2D eigenvalue weighted by atomic mass is 9.74. The van der Waals surface area contributed by atoms with E-state index in [0.29, 0.717) is 5.88 Å². The highest BCUT2D eigenvalue weighted by atomic mass is 79.9. The first-order valence-corrected chi connectivity index (χ1v) is 6.91. The van der Waals surface area contributed by atoms with Crippen LogP contribution in [-0.2, 0) is 0 Å². The molecule has 0 aromatic carbocycles. The number of alkyl halides is 4. The molecule has 0 aliphatic heterocycles. The lowest BCUT2D eigenvalue weighted by Crippen LogP contribution is -2.43. The highest BCUT2D eigenvalue weighted by molar-refractivity contribution is 9.09. The summed E-state index contributed by atoms with van der Waals surface area (Å²) in [6.45, 7) is 4.20. The van der Waals surface area contributed by atoms with Crippen molar-refractivity contribution in [1.29, 1.82) is 0 Å². The SMILES string of the molecule is CC1(C)C(Cl)/C(=C/CCl)C(Br)C[C@@H]1Cl. The van der Waals surface area contributed by atoms with Crippen LogP contribution in [0.3, 0.4) is 0 Å². The van der Waals surface area contributed by atoms with Crippen LogP contribution in [-0.4, -0.2) is 21.5 Å². The molecule has 0 heterocycles. The molecular formula is C10H14BrCl3. The molecule has 0 spiro atoms. The lowest BCUT2D eigenvalue weighted by Gasteiger charge is -2.43. The molecule has 82 valence electrons. The molecule has 1 rings (SSSR count). The summed E-state index contributed by atoms with van der Waals surface area (Å²) in [7, 11) is 0. The Labute approximate surface area is 109 Å². The van der Waals surface area contributed by atoms with Crippen LogP contribution < -0.4 is 0 Å². The summed E-state index contributed by atoms with van der Waals surface area (Å²) in [6.07, 6.45) is 2.89. The van der Waals surface area contributed by atoms with Crippen molar-refractivity contribution in [2.45, 2.75) is 35.8 Å². The highest BCUT2D eigenvalue weighted by Crippen LogP contribution is 2.47. The van der Waals surface area contributed by atoms with Crippen molar-refractivity contribution in [2.24, 2.45) is 5.41 Å². The van der Waals surface area contributed by atoms with E-state index in [1.807, 2.05) is 6.08 Å². The zero-order valence-electron chi connectivity index (χ0n) is 8.24. The van der Waals surface area contributed by atoms with Crippen LogP contribution in [0.15, 0.2) is 11.6 Å². The molecule has 0 N–H and O–H groups in total.